The normalized spacial score (nSPS) is 10.9. The van der Waals surface area contributed by atoms with Crippen LogP contribution >= 0.6 is 11.6 Å². The van der Waals surface area contributed by atoms with E-state index in [9.17, 15) is 31.9 Å². The highest BCUT2D eigenvalue weighted by molar-refractivity contribution is 6.32. The van der Waals surface area contributed by atoms with Gasteiger partial charge in [0.2, 0.25) is 17.4 Å². The van der Waals surface area contributed by atoms with Gasteiger partial charge >= 0.3 is 12.1 Å². The summed E-state index contributed by atoms with van der Waals surface area (Å²) in [5.74, 6) is -6.27. The van der Waals surface area contributed by atoms with Crippen LogP contribution in [0.15, 0.2) is 24.4 Å². The fraction of sp³-hybridized carbons (Fsp3) is 0.222. The van der Waals surface area contributed by atoms with Gasteiger partial charge in [-0.25, -0.2) is 14.2 Å². The number of aromatic nitrogens is 1. The van der Waals surface area contributed by atoms with Crippen molar-refractivity contribution in [2.45, 2.75) is 12.6 Å². The van der Waals surface area contributed by atoms with Gasteiger partial charge in [-0.15, -0.1) is 0 Å². The molecule has 0 aliphatic heterocycles. The minimum atomic E-state index is -5.22. The van der Waals surface area contributed by atoms with Crippen LogP contribution in [0.1, 0.15) is 16.9 Å². The number of anilines is 1. The Labute approximate surface area is 177 Å². The van der Waals surface area contributed by atoms with Crippen molar-refractivity contribution >= 4 is 34.9 Å². The number of nitrogens with zero attached hydrogens (tertiary/aromatic N) is 1. The van der Waals surface area contributed by atoms with Crippen molar-refractivity contribution in [2.75, 3.05) is 19.5 Å². The summed E-state index contributed by atoms with van der Waals surface area (Å²) >= 11 is 5.94. The molecule has 1 amide bonds. The number of esters is 1. The van der Waals surface area contributed by atoms with E-state index in [1.54, 1.807) is 0 Å². The average Bonchev–Trinajstić information content (AvgIpc) is 2.70. The SMILES string of the molecule is COC(=O)c1nccc(OC)c1Oc1cc(NC(=O)CC(=O)C(F)(F)F)c(F)cc1Cl. The minimum Gasteiger partial charge on any atom is -0.493 e. The molecule has 0 spiro atoms. The van der Waals surface area contributed by atoms with Crippen LogP contribution in [0.4, 0.5) is 23.2 Å². The summed E-state index contributed by atoms with van der Waals surface area (Å²) in [5.41, 5.74) is -0.939. The first-order chi connectivity index (χ1) is 14.5. The van der Waals surface area contributed by atoms with Crippen molar-refractivity contribution in [3.05, 3.63) is 40.9 Å². The van der Waals surface area contributed by atoms with Crippen LogP contribution in [0.5, 0.6) is 17.2 Å². The first kappa shape index (κ1) is 23.9. The van der Waals surface area contributed by atoms with Gasteiger partial charge in [-0.05, 0) is 6.07 Å². The van der Waals surface area contributed by atoms with Gasteiger partial charge in [0.1, 0.15) is 11.6 Å². The maximum Gasteiger partial charge on any atom is 0.450 e. The Kier molecular flexibility index (Phi) is 7.39. The van der Waals surface area contributed by atoms with Gasteiger partial charge in [-0.2, -0.15) is 13.2 Å². The summed E-state index contributed by atoms with van der Waals surface area (Å²) in [4.78, 5) is 38.4. The Morgan fingerprint density at radius 1 is 1.16 bits per heavy atom. The Bertz CT molecular complexity index is 1030. The molecule has 31 heavy (non-hydrogen) atoms. The third-order valence-corrected chi connectivity index (χ3v) is 3.91. The molecule has 1 N–H and O–H groups in total. The van der Waals surface area contributed by atoms with E-state index in [0.717, 1.165) is 13.2 Å². The standard InChI is InChI=1S/C18H13ClF4N2O6/c1-29-11-3-4-24-15(17(28)30-2)16(11)31-12-6-10(9(20)5-8(12)19)25-14(27)7-13(26)18(21,22)23/h3-6H,7H2,1-2H3,(H,25,27). The van der Waals surface area contributed by atoms with Crippen LogP contribution in [-0.2, 0) is 14.3 Å². The van der Waals surface area contributed by atoms with Gasteiger partial charge in [-0.1, -0.05) is 11.6 Å². The van der Waals surface area contributed by atoms with Crippen LogP contribution in [0, 0.1) is 5.82 Å². The fourth-order valence-corrected chi connectivity index (χ4v) is 2.37. The molecule has 2 rings (SSSR count). The van der Waals surface area contributed by atoms with E-state index in [1.165, 1.54) is 19.4 Å². The number of carbonyl (C=O) groups excluding carboxylic acids is 3. The molecule has 0 saturated heterocycles. The van der Waals surface area contributed by atoms with E-state index < -0.39 is 41.8 Å². The number of rotatable bonds is 7. The number of alkyl halides is 3. The molecular formula is C18H13ClF4N2O6. The van der Waals surface area contributed by atoms with Crippen LogP contribution < -0.4 is 14.8 Å². The Hall–Kier alpha value is -3.41. The fourth-order valence-electron chi connectivity index (χ4n) is 2.19. The number of ether oxygens (including phenoxy) is 3. The Morgan fingerprint density at radius 2 is 1.84 bits per heavy atom. The quantitative estimate of drug-likeness (QED) is 0.376. The van der Waals surface area contributed by atoms with Gasteiger partial charge in [0.25, 0.3) is 0 Å². The summed E-state index contributed by atoms with van der Waals surface area (Å²) < 4.78 is 66.2. The summed E-state index contributed by atoms with van der Waals surface area (Å²) in [7, 11) is 2.35. The Morgan fingerprint density at radius 3 is 2.42 bits per heavy atom. The van der Waals surface area contributed by atoms with Gasteiger partial charge in [0.05, 0.1) is 31.4 Å². The zero-order chi connectivity index (χ0) is 23.3. The van der Waals surface area contributed by atoms with Crippen molar-refractivity contribution in [3.63, 3.8) is 0 Å². The van der Waals surface area contributed by atoms with E-state index in [4.69, 9.17) is 21.1 Å². The minimum absolute atomic E-state index is 0.0251. The topological polar surface area (TPSA) is 104 Å². The molecule has 2 aromatic rings. The monoisotopic (exact) mass is 464 g/mol. The number of hydrogen-bond donors (Lipinski definition) is 1. The molecule has 0 fully saturated rings. The number of pyridine rings is 1. The van der Waals surface area contributed by atoms with Gasteiger partial charge in [-0.3, -0.25) is 9.59 Å². The molecule has 0 radical (unpaired) electrons. The lowest BCUT2D eigenvalue weighted by Crippen LogP contribution is -2.28. The summed E-state index contributed by atoms with van der Waals surface area (Å²) in [6.45, 7) is 0. The molecule has 0 atom stereocenters. The first-order valence-corrected chi connectivity index (χ1v) is 8.53. The van der Waals surface area contributed by atoms with Crippen LogP contribution in [0.2, 0.25) is 5.02 Å². The molecule has 0 saturated carbocycles. The van der Waals surface area contributed by atoms with Gasteiger partial charge in [0, 0.05) is 18.3 Å². The smallest absolute Gasteiger partial charge is 0.450 e. The summed E-state index contributed by atoms with van der Waals surface area (Å²) in [5, 5.41) is 1.52. The highest BCUT2D eigenvalue weighted by atomic mass is 35.5. The molecule has 1 aromatic carbocycles. The molecule has 8 nitrogen and oxygen atoms in total. The molecule has 1 heterocycles. The van der Waals surface area contributed by atoms with Gasteiger partial charge in [0.15, 0.2) is 11.4 Å². The number of halogens is 5. The van der Waals surface area contributed by atoms with E-state index in [-0.39, 0.29) is 28.0 Å². The number of benzene rings is 1. The molecule has 13 heteroatoms. The number of ketones is 1. The van der Waals surface area contributed by atoms with E-state index >= 15 is 0 Å². The number of amides is 1. The molecule has 0 aliphatic rings. The predicted molar refractivity (Wildman–Crippen MR) is 97.9 cm³/mol. The highest BCUT2D eigenvalue weighted by Crippen LogP contribution is 2.39. The second kappa shape index (κ2) is 9.60. The average molecular weight is 465 g/mol. The third-order valence-electron chi connectivity index (χ3n) is 3.61. The lowest BCUT2D eigenvalue weighted by Gasteiger charge is -2.15. The second-order valence-electron chi connectivity index (χ2n) is 5.69. The van der Waals surface area contributed by atoms with Crippen LogP contribution in [-0.4, -0.2) is 43.0 Å². The number of nitrogens with one attached hydrogen (secondary N) is 1. The largest absolute Gasteiger partial charge is 0.493 e. The summed E-state index contributed by atoms with van der Waals surface area (Å²) in [6.07, 6.45) is -5.54. The lowest BCUT2D eigenvalue weighted by molar-refractivity contribution is -0.171. The predicted octanol–water partition coefficient (Wildman–Crippen LogP) is 3.92. The van der Waals surface area contributed by atoms with E-state index in [1.807, 2.05) is 5.32 Å². The van der Waals surface area contributed by atoms with Crippen molar-refractivity contribution < 1.29 is 46.2 Å². The van der Waals surface area contributed by atoms with Crippen molar-refractivity contribution in [2.24, 2.45) is 0 Å². The third kappa shape index (κ3) is 5.81. The molecule has 166 valence electrons. The van der Waals surface area contributed by atoms with E-state index in [0.29, 0.717) is 6.07 Å². The zero-order valence-corrected chi connectivity index (χ0v) is 16.6. The number of carbonyl (C=O) groups is 3. The Balaban J connectivity index is 2.38. The lowest BCUT2D eigenvalue weighted by atomic mass is 10.2. The van der Waals surface area contributed by atoms with Crippen molar-refractivity contribution in [3.8, 4) is 17.2 Å². The molecule has 1 aromatic heterocycles. The number of Topliss-reactive ketones (excluding diaryl/α,β-unsaturated/α-hetero) is 1. The van der Waals surface area contributed by atoms with Crippen molar-refractivity contribution in [1.29, 1.82) is 0 Å². The number of methoxy groups -OCH3 is 2. The van der Waals surface area contributed by atoms with E-state index in [2.05, 4.69) is 9.72 Å². The van der Waals surface area contributed by atoms with Crippen LogP contribution in [0.3, 0.4) is 0 Å². The molecular weight excluding hydrogens is 452 g/mol. The molecule has 0 unspecified atom stereocenters. The molecule has 0 bridgehead atoms. The van der Waals surface area contributed by atoms with Crippen LogP contribution in [0.25, 0.3) is 0 Å². The zero-order valence-electron chi connectivity index (χ0n) is 15.8. The maximum atomic E-state index is 14.1. The summed E-state index contributed by atoms with van der Waals surface area (Å²) in [6, 6.07) is 2.89. The first-order valence-electron chi connectivity index (χ1n) is 8.16. The van der Waals surface area contributed by atoms with Crippen molar-refractivity contribution in [1.82, 2.24) is 4.98 Å². The molecule has 0 aliphatic carbocycles. The maximum absolute atomic E-state index is 14.1. The van der Waals surface area contributed by atoms with Gasteiger partial charge < -0.3 is 19.5 Å². The number of hydrogen-bond acceptors (Lipinski definition) is 7. The second-order valence-corrected chi connectivity index (χ2v) is 6.10. The highest BCUT2D eigenvalue weighted by Gasteiger charge is 2.39.